The van der Waals surface area contributed by atoms with Gasteiger partial charge in [0.25, 0.3) is 0 Å². The molecule has 2 atom stereocenters. The molecule has 1 saturated heterocycles. The van der Waals surface area contributed by atoms with Gasteiger partial charge in [-0.05, 0) is 42.2 Å². The van der Waals surface area contributed by atoms with Crippen molar-refractivity contribution in [2.45, 2.75) is 69.5 Å². The van der Waals surface area contributed by atoms with Crippen LogP contribution in [0.15, 0.2) is 42.5 Å². The summed E-state index contributed by atoms with van der Waals surface area (Å²) >= 11 is 0. The molecule has 2 aromatic carbocycles. The first-order chi connectivity index (χ1) is 18.1. The van der Waals surface area contributed by atoms with E-state index in [0.29, 0.717) is 17.9 Å². The Kier molecular flexibility index (Phi) is 6.31. The van der Waals surface area contributed by atoms with Gasteiger partial charge in [-0.2, -0.15) is 0 Å². The SMILES string of the molecule is COc1ccc([C@@H]2c3[nH]c4ccccc4c3C[C@H]3C(=O)N(C4CCCCCCC4)CC(=O)N23)cc1OC. The predicted molar refractivity (Wildman–Crippen MR) is 142 cm³/mol. The lowest BCUT2D eigenvalue weighted by molar-refractivity contribution is -0.161. The Bertz CT molecular complexity index is 1320. The topological polar surface area (TPSA) is 74.9 Å². The first kappa shape index (κ1) is 23.9. The molecule has 6 rings (SSSR count). The van der Waals surface area contributed by atoms with Crippen LogP contribution in [-0.4, -0.2) is 59.4 Å². The van der Waals surface area contributed by atoms with Crippen molar-refractivity contribution < 1.29 is 19.1 Å². The number of nitrogens with zero attached hydrogens (tertiary/aromatic N) is 2. The van der Waals surface area contributed by atoms with Crippen LogP contribution in [0.25, 0.3) is 10.9 Å². The van der Waals surface area contributed by atoms with Crippen molar-refractivity contribution in [3.8, 4) is 11.5 Å². The maximum atomic E-state index is 14.1. The fourth-order valence-corrected chi connectivity index (χ4v) is 6.71. The number of H-pyrrole nitrogens is 1. The minimum absolute atomic E-state index is 0.00995. The highest BCUT2D eigenvalue weighted by molar-refractivity contribution is 5.98. The highest BCUT2D eigenvalue weighted by atomic mass is 16.5. The number of hydrogen-bond donors (Lipinski definition) is 1. The summed E-state index contributed by atoms with van der Waals surface area (Å²) in [6.07, 6.45) is 8.44. The Morgan fingerprint density at radius 1 is 0.892 bits per heavy atom. The minimum atomic E-state index is -0.517. The Morgan fingerprint density at radius 3 is 2.38 bits per heavy atom. The van der Waals surface area contributed by atoms with Gasteiger partial charge in [0.05, 0.1) is 20.3 Å². The monoisotopic (exact) mass is 501 g/mol. The molecule has 1 N–H and O–H groups in total. The lowest BCUT2D eigenvalue weighted by Gasteiger charge is -2.49. The van der Waals surface area contributed by atoms with Crippen molar-refractivity contribution in [3.05, 3.63) is 59.3 Å². The van der Waals surface area contributed by atoms with E-state index in [2.05, 4.69) is 17.1 Å². The standard InChI is InChI=1S/C30H35N3O4/c1-36-25-15-14-19(16-26(25)37-2)29-28-22(21-12-8-9-13-23(21)31-28)17-24-30(35)32(18-27(34)33(24)29)20-10-6-4-3-5-7-11-20/h8-9,12-16,20,24,29,31H,3-7,10-11,17-18H2,1-2H3/t24-,29+/m0/s1. The molecule has 0 radical (unpaired) electrons. The zero-order valence-electron chi connectivity index (χ0n) is 21.7. The second-order valence-corrected chi connectivity index (χ2v) is 10.6. The van der Waals surface area contributed by atoms with Gasteiger partial charge >= 0.3 is 0 Å². The van der Waals surface area contributed by atoms with E-state index in [1.165, 1.54) is 19.3 Å². The number of aromatic amines is 1. The first-order valence-corrected chi connectivity index (χ1v) is 13.5. The Labute approximate surface area is 217 Å². The van der Waals surface area contributed by atoms with Crippen LogP contribution in [0, 0.1) is 0 Å². The molecule has 1 saturated carbocycles. The second-order valence-electron chi connectivity index (χ2n) is 10.6. The summed E-state index contributed by atoms with van der Waals surface area (Å²) in [4.78, 5) is 35.4. The van der Waals surface area contributed by atoms with Crippen molar-refractivity contribution >= 4 is 22.7 Å². The zero-order chi connectivity index (χ0) is 25.5. The van der Waals surface area contributed by atoms with Crippen LogP contribution < -0.4 is 9.47 Å². The molecule has 2 amide bonds. The fourth-order valence-electron chi connectivity index (χ4n) is 6.71. The molecular weight excluding hydrogens is 466 g/mol. The summed E-state index contributed by atoms with van der Waals surface area (Å²) < 4.78 is 11.1. The van der Waals surface area contributed by atoms with Crippen molar-refractivity contribution in [1.82, 2.24) is 14.8 Å². The maximum Gasteiger partial charge on any atom is 0.246 e. The van der Waals surface area contributed by atoms with E-state index >= 15 is 0 Å². The van der Waals surface area contributed by atoms with Gasteiger partial charge in [-0.1, -0.05) is 56.4 Å². The van der Waals surface area contributed by atoms with E-state index in [0.717, 1.165) is 53.4 Å². The van der Waals surface area contributed by atoms with Crippen molar-refractivity contribution in [1.29, 1.82) is 0 Å². The maximum absolute atomic E-state index is 14.1. The summed E-state index contributed by atoms with van der Waals surface area (Å²) in [6.45, 7) is 0.152. The molecule has 0 spiro atoms. The van der Waals surface area contributed by atoms with Crippen molar-refractivity contribution in [3.63, 3.8) is 0 Å². The molecule has 2 fully saturated rings. The van der Waals surface area contributed by atoms with Gasteiger partial charge < -0.3 is 24.3 Å². The molecule has 7 heteroatoms. The molecule has 1 aliphatic carbocycles. The van der Waals surface area contributed by atoms with E-state index in [9.17, 15) is 9.59 Å². The van der Waals surface area contributed by atoms with E-state index < -0.39 is 12.1 Å². The normalized spacial score (nSPS) is 22.9. The molecule has 37 heavy (non-hydrogen) atoms. The summed E-state index contributed by atoms with van der Waals surface area (Å²) in [5.41, 5.74) is 4.02. The zero-order valence-corrected chi connectivity index (χ0v) is 21.7. The minimum Gasteiger partial charge on any atom is -0.493 e. The number of aromatic nitrogens is 1. The number of para-hydroxylation sites is 1. The summed E-state index contributed by atoms with van der Waals surface area (Å²) in [5.74, 6) is 1.33. The van der Waals surface area contributed by atoms with Crippen LogP contribution in [0.5, 0.6) is 11.5 Å². The number of fused-ring (bicyclic) bond motifs is 4. The number of nitrogens with one attached hydrogen (secondary N) is 1. The number of benzene rings is 2. The van der Waals surface area contributed by atoms with Crippen molar-refractivity contribution in [2.75, 3.05) is 20.8 Å². The molecule has 3 heterocycles. The van der Waals surface area contributed by atoms with E-state index in [1.54, 1.807) is 14.2 Å². The number of piperazine rings is 1. The highest BCUT2D eigenvalue weighted by Gasteiger charge is 2.49. The average Bonchev–Trinajstić information content (AvgIpc) is 3.27. The number of hydrogen-bond acceptors (Lipinski definition) is 4. The number of ether oxygens (including phenoxy) is 2. The lowest BCUT2D eigenvalue weighted by atomic mass is 9.85. The molecule has 1 aromatic heterocycles. The molecule has 0 bridgehead atoms. The third-order valence-corrected chi connectivity index (χ3v) is 8.53. The van der Waals surface area contributed by atoms with Crippen LogP contribution in [0.2, 0.25) is 0 Å². The van der Waals surface area contributed by atoms with E-state index in [4.69, 9.17) is 9.47 Å². The summed E-state index contributed by atoms with van der Waals surface area (Å²) in [7, 11) is 3.23. The average molecular weight is 502 g/mol. The van der Waals surface area contributed by atoms with Crippen LogP contribution in [-0.2, 0) is 16.0 Å². The number of amides is 2. The summed E-state index contributed by atoms with van der Waals surface area (Å²) in [6, 6.07) is 13.2. The molecule has 194 valence electrons. The third-order valence-electron chi connectivity index (χ3n) is 8.53. The number of carbonyl (C=O) groups excluding carboxylic acids is 2. The second kappa shape index (κ2) is 9.77. The Morgan fingerprint density at radius 2 is 1.62 bits per heavy atom. The van der Waals surface area contributed by atoms with Gasteiger partial charge in [0.2, 0.25) is 11.8 Å². The quantitative estimate of drug-likeness (QED) is 0.547. The number of carbonyl (C=O) groups is 2. The van der Waals surface area contributed by atoms with Gasteiger partial charge in [-0.15, -0.1) is 0 Å². The smallest absolute Gasteiger partial charge is 0.246 e. The molecule has 3 aromatic rings. The first-order valence-electron chi connectivity index (χ1n) is 13.5. The number of methoxy groups -OCH3 is 2. The van der Waals surface area contributed by atoms with Crippen molar-refractivity contribution in [2.24, 2.45) is 0 Å². The van der Waals surface area contributed by atoms with Gasteiger partial charge in [-0.3, -0.25) is 9.59 Å². The fraction of sp³-hybridized carbons (Fsp3) is 0.467. The molecule has 2 aliphatic heterocycles. The van der Waals surface area contributed by atoms with Crippen LogP contribution in [0.3, 0.4) is 0 Å². The third kappa shape index (κ3) is 4.05. The van der Waals surface area contributed by atoms with E-state index in [1.807, 2.05) is 40.1 Å². The Balaban J connectivity index is 1.45. The van der Waals surface area contributed by atoms with Gasteiger partial charge in [0.15, 0.2) is 11.5 Å². The summed E-state index contributed by atoms with van der Waals surface area (Å²) in [5, 5.41) is 1.12. The van der Waals surface area contributed by atoms with Gasteiger partial charge in [0, 0.05) is 29.1 Å². The largest absolute Gasteiger partial charge is 0.493 e. The molecule has 3 aliphatic rings. The molecule has 0 unspecified atom stereocenters. The highest BCUT2D eigenvalue weighted by Crippen LogP contribution is 2.44. The van der Waals surface area contributed by atoms with Gasteiger partial charge in [0.1, 0.15) is 12.6 Å². The molecular formula is C30H35N3O4. The van der Waals surface area contributed by atoms with Crippen LogP contribution in [0.4, 0.5) is 0 Å². The van der Waals surface area contributed by atoms with Crippen LogP contribution >= 0.6 is 0 Å². The lowest BCUT2D eigenvalue weighted by Crippen LogP contribution is -2.64. The number of rotatable bonds is 4. The van der Waals surface area contributed by atoms with Gasteiger partial charge in [-0.25, -0.2) is 0 Å². The predicted octanol–water partition coefficient (Wildman–Crippen LogP) is 4.98. The molecule has 7 nitrogen and oxygen atoms in total. The van der Waals surface area contributed by atoms with Crippen LogP contribution in [0.1, 0.15) is 67.8 Å². The van der Waals surface area contributed by atoms with E-state index in [-0.39, 0.29) is 24.4 Å². The Hall–Kier alpha value is -3.48.